The van der Waals surface area contributed by atoms with Gasteiger partial charge in [0.2, 0.25) is 11.7 Å². The lowest BCUT2D eigenvalue weighted by Gasteiger charge is -2.15. The van der Waals surface area contributed by atoms with E-state index >= 15 is 0 Å². The number of nitrogens with one attached hydrogen (secondary N) is 3. The molecule has 0 saturated heterocycles. The molecular weight excluding hydrogens is 682 g/mol. The number of ether oxygens (including phenoxy) is 1. The van der Waals surface area contributed by atoms with Crippen molar-refractivity contribution in [3.8, 4) is 17.1 Å². The summed E-state index contributed by atoms with van der Waals surface area (Å²) >= 11 is 0. The second kappa shape index (κ2) is 28.3. The van der Waals surface area contributed by atoms with Crippen molar-refractivity contribution in [3.05, 3.63) is 24.3 Å². The summed E-state index contributed by atoms with van der Waals surface area (Å²) in [5, 5.41) is 37.9. The number of carboxylic acid groups (broad SMARTS) is 2. The molecule has 0 bridgehead atoms. The minimum absolute atomic E-state index is 0.0102. The predicted molar refractivity (Wildman–Crippen MR) is 200 cm³/mol. The Morgan fingerprint density at radius 2 is 1.40 bits per heavy atom. The van der Waals surface area contributed by atoms with Gasteiger partial charge in [-0.05, 0) is 68.0 Å². The summed E-state index contributed by atoms with van der Waals surface area (Å²) in [5.74, 6) is -2.54. The van der Waals surface area contributed by atoms with Crippen LogP contribution >= 0.6 is 0 Å². The first-order chi connectivity index (χ1) is 25.7. The number of carbonyl (C=O) groups excluding carboxylic acids is 3. The zero-order valence-electron chi connectivity index (χ0n) is 31.2. The molecule has 53 heavy (non-hydrogen) atoms. The highest BCUT2D eigenvalue weighted by Gasteiger charge is 2.22. The lowest BCUT2D eigenvalue weighted by Crippen LogP contribution is -2.40. The van der Waals surface area contributed by atoms with E-state index in [-0.39, 0.29) is 37.6 Å². The van der Waals surface area contributed by atoms with E-state index in [9.17, 15) is 29.1 Å². The summed E-state index contributed by atoms with van der Waals surface area (Å²) in [5.41, 5.74) is 6.33. The van der Waals surface area contributed by atoms with Gasteiger partial charge in [0.05, 0.1) is 18.6 Å². The Morgan fingerprint density at radius 3 is 1.96 bits per heavy atom. The summed E-state index contributed by atoms with van der Waals surface area (Å²) in [7, 11) is 0. The van der Waals surface area contributed by atoms with Crippen LogP contribution in [-0.4, -0.2) is 86.1 Å². The summed E-state index contributed by atoms with van der Waals surface area (Å²) in [4.78, 5) is 59.1. The van der Waals surface area contributed by atoms with Gasteiger partial charge in [0, 0.05) is 38.0 Å². The van der Waals surface area contributed by atoms with Gasteiger partial charge in [0.15, 0.2) is 5.78 Å². The number of aromatic amines is 1. The molecule has 0 aliphatic heterocycles. The van der Waals surface area contributed by atoms with E-state index in [1.165, 1.54) is 51.4 Å². The molecule has 15 heteroatoms. The van der Waals surface area contributed by atoms with Crippen LogP contribution in [0.4, 0.5) is 0 Å². The Balaban J connectivity index is 1.38. The maximum Gasteiger partial charge on any atom is 0.310 e. The number of Topliss-reactive ketones (excluding diaryl/α,β-unsaturated/α-hetero) is 2. The number of hydrogen-bond donors (Lipinski definition) is 6. The largest absolute Gasteiger partial charge is 0.494 e. The topological polar surface area (TPSA) is 240 Å². The first-order valence-corrected chi connectivity index (χ1v) is 19.4. The molecule has 1 unspecified atom stereocenters. The predicted octanol–water partition coefficient (Wildman–Crippen LogP) is 5.35. The summed E-state index contributed by atoms with van der Waals surface area (Å²) in [6.07, 6.45) is 16.2. The maximum atomic E-state index is 12.4. The van der Waals surface area contributed by atoms with Crippen LogP contribution in [0.3, 0.4) is 0 Å². The molecule has 1 aromatic carbocycles. The van der Waals surface area contributed by atoms with Crippen LogP contribution in [-0.2, 0) is 24.0 Å². The van der Waals surface area contributed by atoms with Crippen LogP contribution in [0.25, 0.3) is 11.4 Å². The fourth-order valence-corrected chi connectivity index (χ4v) is 6.12. The van der Waals surface area contributed by atoms with Crippen LogP contribution in [0.5, 0.6) is 5.75 Å². The van der Waals surface area contributed by atoms with E-state index in [2.05, 4.69) is 31.3 Å². The number of aliphatic carboxylic acids is 2. The molecule has 1 amide bonds. The zero-order chi connectivity index (χ0) is 38.5. The van der Waals surface area contributed by atoms with Crippen LogP contribution in [0.1, 0.15) is 135 Å². The first-order valence-electron chi connectivity index (χ1n) is 19.4. The molecule has 0 spiro atoms. The third kappa shape index (κ3) is 21.8. The van der Waals surface area contributed by atoms with E-state index in [1.807, 2.05) is 24.3 Å². The quantitative estimate of drug-likeness (QED) is 0.0301. The van der Waals surface area contributed by atoms with Crippen molar-refractivity contribution in [2.45, 2.75) is 141 Å². The molecule has 2 atom stereocenters. The molecular formula is C38H61N7O8. The Bertz CT molecular complexity index is 1320. The molecule has 0 aliphatic carbocycles. The van der Waals surface area contributed by atoms with Gasteiger partial charge in [-0.25, -0.2) is 0 Å². The highest BCUT2D eigenvalue weighted by atomic mass is 16.5. The Kier molecular flexibility index (Phi) is 24.0. The van der Waals surface area contributed by atoms with Crippen LogP contribution in [0.2, 0.25) is 0 Å². The van der Waals surface area contributed by atoms with Crippen LogP contribution < -0.4 is 21.1 Å². The van der Waals surface area contributed by atoms with Crippen molar-refractivity contribution in [2.24, 2.45) is 11.7 Å². The van der Waals surface area contributed by atoms with E-state index < -0.39 is 36.1 Å². The van der Waals surface area contributed by atoms with Crippen molar-refractivity contribution in [1.29, 1.82) is 0 Å². The molecule has 15 nitrogen and oxygen atoms in total. The number of nitrogens with zero attached hydrogens (tertiary/aromatic N) is 3. The normalized spacial score (nSPS) is 12.2. The van der Waals surface area contributed by atoms with E-state index in [4.69, 9.17) is 15.6 Å². The van der Waals surface area contributed by atoms with Crippen LogP contribution in [0, 0.1) is 5.92 Å². The molecule has 0 aliphatic rings. The lowest BCUT2D eigenvalue weighted by molar-refractivity contribution is -0.144. The molecule has 2 aromatic rings. The number of carbonyl (C=O) groups is 5. The average molecular weight is 744 g/mol. The molecule has 1 heterocycles. The van der Waals surface area contributed by atoms with Gasteiger partial charge in [0.25, 0.3) is 0 Å². The summed E-state index contributed by atoms with van der Waals surface area (Å²) in [6, 6.07) is 7.05. The number of benzene rings is 1. The third-order valence-corrected chi connectivity index (χ3v) is 9.19. The maximum absolute atomic E-state index is 12.4. The van der Waals surface area contributed by atoms with E-state index in [0.29, 0.717) is 44.7 Å². The lowest BCUT2D eigenvalue weighted by atomic mass is 9.94. The van der Waals surface area contributed by atoms with Gasteiger partial charge >= 0.3 is 11.9 Å². The molecule has 2 rings (SSSR count). The van der Waals surface area contributed by atoms with E-state index in [0.717, 1.165) is 43.4 Å². The Hall–Kier alpha value is -4.24. The number of carboxylic acids is 2. The monoisotopic (exact) mass is 743 g/mol. The second-order valence-corrected chi connectivity index (χ2v) is 13.6. The highest BCUT2D eigenvalue weighted by molar-refractivity contribution is 5.97. The van der Waals surface area contributed by atoms with Crippen molar-refractivity contribution < 1.29 is 38.9 Å². The molecule has 0 radical (unpaired) electrons. The first kappa shape index (κ1) is 44.9. The number of amides is 1. The number of unbranched alkanes of at least 4 members (excludes halogenated alkanes) is 13. The van der Waals surface area contributed by atoms with Crippen LogP contribution in [0.15, 0.2) is 24.3 Å². The minimum Gasteiger partial charge on any atom is -0.494 e. The molecule has 296 valence electrons. The van der Waals surface area contributed by atoms with Gasteiger partial charge < -0.3 is 26.0 Å². The van der Waals surface area contributed by atoms with Gasteiger partial charge in [0.1, 0.15) is 18.0 Å². The highest BCUT2D eigenvalue weighted by Crippen LogP contribution is 2.20. The standard InChI is InChI=1S/C38H61N7O8/c39-28-41-33(34(47)27-36(49)50)17-13-14-24-40-35(48)23-20-30(38(51)52)26-31(46)16-12-10-8-6-4-2-1-3-5-7-9-11-15-25-53-32-21-18-29(19-22-32)37-42-44-45-43-37/h18-19,21-22,30,33,41H,1-17,20,23-28,39H2,(H,40,48)(H,49,50)(H,51,52)(H,42,43,44,45)/t30?,33-/m0/s1. The average Bonchev–Trinajstić information content (AvgIpc) is 3.68. The van der Waals surface area contributed by atoms with Gasteiger partial charge in [-0.1, -0.05) is 70.6 Å². The SMILES string of the molecule is NCN[C@@H](CCCCNC(=O)CCC(CC(=O)CCCCCCCCCCCCCCCOc1ccc(-c2nn[nH]n2)cc1)C(=O)O)C(=O)CC(=O)O. The number of ketones is 2. The summed E-state index contributed by atoms with van der Waals surface area (Å²) in [6.45, 7) is 1.11. The number of aromatic nitrogens is 4. The zero-order valence-corrected chi connectivity index (χ0v) is 31.2. The van der Waals surface area contributed by atoms with Gasteiger partial charge in [-0.2, -0.15) is 5.21 Å². The number of H-pyrrole nitrogens is 1. The number of tetrazole rings is 1. The third-order valence-electron chi connectivity index (χ3n) is 9.19. The minimum atomic E-state index is -1.19. The van der Waals surface area contributed by atoms with E-state index in [1.54, 1.807) is 0 Å². The Labute approximate surface area is 313 Å². The second-order valence-electron chi connectivity index (χ2n) is 13.6. The fraction of sp³-hybridized carbons (Fsp3) is 0.684. The number of rotatable bonds is 34. The van der Waals surface area contributed by atoms with Crippen molar-refractivity contribution in [3.63, 3.8) is 0 Å². The molecule has 7 N–H and O–H groups in total. The number of nitrogens with two attached hydrogens (primary N) is 1. The fourth-order valence-electron chi connectivity index (χ4n) is 6.12. The van der Waals surface area contributed by atoms with Crippen molar-refractivity contribution >= 4 is 29.4 Å². The van der Waals surface area contributed by atoms with Crippen molar-refractivity contribution in [1.82, 2.24) is 31.3 Å². The van der Waals surface area contributed by atoms with Gasteiger partial charge in [-0.3, -0.25) is 29.3 Å². The molecule has 1 aromatic heterocycles. The Morgan fingerprint density at radius 1 is 0.774 bits per heavy atom. The molecule has 0 fully saturated rings. The molecule has 0 saturated carbocycles. The number of hydrogen-bond acceptors (Lipinski definition) is 11. The summed E-state index contributed by atoms with van der Waals surface area (Å²) < 4.78 is 5.84. The van der Waals surface area contributed by atoms with Gasteiger partial charge in [-0.15, -0.1) is 10.2 Å². The smallest absolute Gasteiger partial charge is 0.310 e. The van der Waals surface area contributed by atoms with Crippen molar-refractivity contribution in [2.75, 3.05) is 19.8 Å².